The first-order chi connectivity index (χ1) is 9.95. The number of allylic oxidation sites excluding steroid dienone is 1. The fourth-order valence-corrected chi connectivity index (χ4v) is 3.36. The second-order valence-electron chi connectivity index (χ2n) is 4.87. The van der Waals surface area contributed by atoms with Crippen molar-refractivity contribution in [2.24, 2.45) is 0 Å². The maximum atomic E-state index is 12.3. The molecule has 0 aliphatic carbocycles. The van der Waals surface area contributed by atoms with E-state index in [1.54, 1.807) is 15.1 Å². The van der Waals surface area contributed by atoms with Crippen molar-refractivity contribution in [2.45, 2.75) is 20.4 Å². The molecule has 3 aromatic rings. The molecule has 0 saturated carbocycles. The zero-order chi connectivity index (χ0) is 15.1. The highest BCUT2D eigenvalue weighted by Gasteiger charge is 2.11. The van der Waals surface area contributed by atoms with Crippen LogP contribution in [0.3, 0.4) is 0 Å². The number of nitrogens with zero attached hydrogens (tertiary/aromatic N) is 4. The largest absolute Gasteiger partial charge is 0.269 e. The van der Waals surface area contributed by atoms with Crippen molar-refractivity contribution < 1.29 is 0 Å². The average molecular weight is 321 g/mol. The summed E-state index contributed by atoms with van der Waals surface area (Å²) in [6.07, 6.45) is 0. The van der Waals surface area contributed by atoms with E-state index in [0.717, 1.165) is 17.0 Å². The first-order valence-corrected chi connectivity index (χ1v) is 7.57. The minimum Gasteiger partial charge on any atom is -0.269 e. The predicted molar refractivity (Wildman–Crippen MR) is 85.1 cm³/mol. The number of hydrogen-bond acceptors (Lipinski definition) is 4. The quantitative estimate of drug-likeness (QED) is 0.745. The lowest BCUT2D eigenvalue weighted by atomic mass is 10.3. The van der Waals surface area contributed by atoms with Crippen LogP contribution in [0.5, 0.6) is 0 Å². The molecule has 5 nitrogen and oxygen atoms in total. The van der Waals surface area contributed by atoms with Gasteiger partial charge in [0.05, 0.1) is 23.6 Å². The first-order valence-electron chi connectivity index (χ1n) is 6.31. The van der Waals surface area contributed by atoms with Crippen LogP contribution in [0.4, 0.5) is 0 Å². The molecule has 0 aromatic carbocycles. The van der Waals surface area contributed by atoms with Gasteiger partial charge in [-0.3, -0.25) is 9.20 Å². The normalized spacial score (nSPS) is 11.2. The van der Waals surface area contributed by atoms with Gasteiger partial charge in [-0.15, -0.1) is 11.3 Å². The lowest BCUT2D eigenvalue weighted by Crippen LogP contribution is -2.17. The number of rotatable bonds is 3. The molecule has 0 amide bonds. The molecule has 0 unspecified atom stereocenters. The van der Waals surface area contributed by atoms with Crippen LogP contribution in [0.25, 0.3) is 10.5 Å². The van der Waals surface area contributed by atoms with Gasteiger partial charge in [0.1, 0.15) is 5.15 Å². The third-order valence-corrected chi connectivity index (χ3v) is 4.19. The van der Waals surface area contributed by atoms with E-state index < -0.39 is 0 Å². The molecule has 0 radical (unpaired) electrons. The molecule has 0 bridgehead atoms. The highest BCUT2D eigenvalue weighted by atomic mass is 35.5. The molecule has 7 heteroatoms. The Hall–Kier alpha value is -1.92. The van der Waals surface area contributed by atoms with Crippen LogP contribution in [0, 0.1) is 6.92 Å². The highest BCUT2D eigenvalue weighted by Crippen LogP contribution is 2.19. The Kier molecular flexibility index (Phi) is 3.43. The molecule has 0 aliphatic heterocycles. The van der Waals surface area contributed by atoms with E-state index in [2.05, 4.69) is 16.7 Å². The molecule has 0 aliphatic rings. The smallest absolute Gasteiger partial charge is 0.259 e. The Morgan fingerprint density at radius 3 is 2.86 bits per heavy atom. The SMILES string of the molecule is C=C(C)c1csc2nc(Cn3nc(C)cc3Cl)cc(=O)n12. The fourth-order valence-electron chi connectivity index (χ4n) is 2.12. The lowest BCUT2D eigenvalue weighted by Gasteiger charge is -2.04. The molecule has 3 aromatic heterocycles. The molecule has 0 N–H and O–H groups in total. The minimum absolute atomic E-state index is 0.116. The van der Waals surface area contributed by atoms with Crippen molar-refractivity contribution in [3.8, 4) is 0 Å². The summed E-state index contributed by atoms with van der Waals surface area (Å²) in [5, 5.41) is 6.69. The van der Waals surface area contributed by atoms with E-state index in [0.29, 0.717) is 22.4 Å². The maximum absolute atomic E-state index is 12.3. The van der Waals surface area contributed by atoms with Crippen molar-refractivity contribution in [1.82, 2.24) is 19.2 Å². The summed E-state index contributed by atoms with van der Waals surface area (Å²) >= 11 is 7.50. The van der Waals surface area contributed by atoms with Crippen molar-refractivity contribution in [1.29, 1.82) is 0 Å². The van der Waals surface area contributed by atoms with E-state index in [1.807, 2.05) is 19.2 Å². The van der Waals surface area contributed by atoms with E-state index in [4.69, 9.17) is 11.6 Å². The minimum atomic E-state index is -0.116. The van der Waals surface area contributed by atoms with Crippen LogP contribution in [-0.2, 0) is 6.54 Å². The van der Waals surface area contributed by atoms with Gasteiger partial charge in [0.15, 0.2) is 4.96 Å². The molecular weight excluding hydrogens is 308 g/mol. The Balaban J connectivity index is 2.08. The second kappa shape index (κ2) is 5.13. The Morgan fingerprint density at radius 2 is 2.24 bits per heavy atom. The van der Waals surface area contributed by atoms with Crippen LogP contribution in [0.2, 0.25) is 5.15 Å². The van der Waals surface area contributed by atoms with Crippen molar-refractivity contribution in [2.75, 3.05) is 0 Å². The number of thiazole rings is 1. The molecule has 0 atom stereocenters. The summed E-state index contributed by atoms with van der Waals surface area (Å²) in [4.78, 5) is 17.4. The average Bonchev–Trinajstić information content (AvgIpc) is 2.94. The zero-order valence-electron chi connectivity index (χ0n) is 11.6. The van der Waals surface area contributed by atoms with E-state index in [-0.39, 0.29) is 5.56 Å². The van der Waals surface area contributed by atoms with Gasteiger partial charge in [0.2, 0.25) is 0 Å². The predicted octanol–water partition coefficient (Wildman–Crippen LogP) is 3.00. The first kappa shape index (κ1) is 14.0. The fraction of sp³-hybridized carbons (Fsp3) is 0.214. The Morgan fingerprint density at radius 1 is 1.48 bits per heavy atom. The number of aryl methyl sites for hydroxylation is 1. The monoisotopic (exact) mass is 320 g/mol. The van der Waals surface area contributed by atoms with Gasteiger partial charge in [-0.1, -0.05) is 18.2 Å². The van der Waals surface area contributed by atoms with Gasteiger partial charge in [-0.05, 0) is 25.5 Å². The molecule has 21 heavy (non-hydrogen) atoms. The molecule has 108 valence electrons. The lowest BCUT2D eigenvalue weighted by molar-refractivity contribution is 0.666. The number of halogens is 1. The zero-order valence-corrected chi connectivity index (χ0v) is 13.2. The summed E-state index contributed by atoms with van der Waals surface area (Å²) in [5.74, 6) is 0. The Labute approximate surface area is 130 Å². The van der Waals surface area contributed by atoms with E-state index in [1.165, 1.54) is 17.4 Å². The molecule has 0 spiro atoms. The molecule has 0 saturated heterocycles. The second-order valence-corrected chi connectivity index (χ2v) is 6.09. The van der Waals surface area contributed by atoms with Crippen LogP contribution < -0.4 is 5.56 Å². The Bertz CT molecular complexity index is 905. The molecular formula is C14H13ClN4OS. The van der Waals surface area contributed by atoms with Gasteiger partial charge in [-0.25, -0.2) is 9.67 Å². The van der Waals surface area contributed by atoms with E-state index >= 15 is 0 Å². The van der Waals surface area contributed by atoms with Gasteiger partial charge >= 0.3 is 0 Å². The van der Waals surface area contributed by atoms with Crippen molar-refractivity contribution in [3.05, 3.63) is 56.7 Å². The molecule has 0 fully saturated rings. The topological polar surface area (TPSA) is 52.2 Å². The van der Waals surface area contributed by atoms with E-state index in [9.17, 15) is 4.79 Å². The molecule has 3 heterocycles. The van der Waals surface area contributed by atoms with Gasteiger partial charge < -0.3 is 0 Å². The molecule has 3 rings (SSSR count). The van der Waals surface area contributed by atoms with Crippen LogP contribution >= 0.6 is 22.9 Å². The highest BCUT2D eigenvalue weighted by molar-refractivity contribution is 7.15. The maximum Gasteiger partial charge on any atom is 0.259 e. The summed E-state index contributed by atoms with van der Waals surface area (Å²) in [6.45, 7) is 7.99. The standard InChI is InChI=1S/C14H13ClN4OS/c1-8(2)11-7-21-14-16-10(5-13(20)19(11)14)6-18-12(15)4-9(3)17-18/h4-5,7H,1,6H2,2-3H3. The van der Waals surface area contributed by atoms with Crippen LogP contribution in [0.1, 0.15) is 24.0 Å². The summed E-state index contributed by atoms with van der Waals surface area (Å²) in [5.41, 5.74) is 2.99. The third-order valence-electron chi connectivity index (χ3n) is 3.06. The van der Waals surface area contributed by atoms with Gasteiger partial charge in [-0.2, -0.15) is 5.10 Å². The number of hydrogen-bond donors (Lipinski definition) is 0. The van der Waals surface area contributed by atoms with Gasteiger partial charge in [0, 0.05) is 11.4 Å². The van der Waals surface area contributed by atoms with Crippen LogP contribution in [-0.4, -0.2) is 19.2 Å². The van der Waals surface area contributed by atoms with Gasteiger partial charge in [0.25, 0.3) is 5.56 Å². The van der Waals surface area contributed by atoms with Crippen molar-refractivity contribution in [3.63, 3.8) is 0 Å². The van der Waals surface area contributed by atoms with Crippen LogP contribution in [0.15, 0.2) is 28.9 Å². The third kappa shape index (κ3) is 2.52. The van der Waals surface area contributed by atoms with Crippen molar-refractivity contribution >= 4 is 33.5 Å². The summed E-state index contributed by atoms with van der Waals surface area (Å²) in [6, 6.07) is 3.29. The number of fused-ring (bicyclic) bond motifs is 1. The summed E-state index contributed by atoms with van der Waals surface area (Å²) < 4.78 is 3.20. The number of aromatic nitrogens is 4. The summed E-state index contributed by atoms with van der Waals surface area (Å²) in [7, 11) is 0.